The van der Waals surface area contributed by atoms with Gasteiger partial charge in [0.2, 0.25) is 0 Å². The van der Waals surface area contributed by atoms with Crippen molar-refractivity contribution >= 4 is 10.9 Å². The van der Waals surface area contributed by atoms with Crippen LogP contribution in [0.25, 0.3) is 22.0 Å². The molecule has 5 heteroatoms. The number of halogens is 1. The lowest BCUT2D eigenvalue weighted by molar-refractivity contribution is 0.133. The number of ether oxygens (including phenoxy) is 3. The van der Waals surface area contributed by atoms with Crippen LogP contribution >= 0.6 is 0 Å². The molecule has 0 aliphatic heterocycles. The number of hydrogen-bond acceptors (Lipinski definition) is 4. The Hall–Kier alpha value is -2.66. The molecule has 0 spiro atoms. The van der Waals surface area contributed by atoms with Gasteiger partial charge in [-0.05, 0) is 49.2 Å². The average Bonchev–Trinajstić information content (AvgIpc) is 2.68. The maximum absolute atomic E-state index is 14.6. The highest BCUT2D eigenvalue weighted by Gasteiger charge is 2.20. The summed E-state index contributed by atoms with van der Waals surface area (Å²) in [5.41, 5.74) is 3.52. The van der Waals surface area contributed by atoms with E-state index in [4.69, 9.17) is 14.2 Å². The Morgan fingerprint density at radius 3 is 2.38 bits per heavy atom. The van der Waals surface area contributed by atoms with E-state index in [0.717, 1.165) is 10.9 Å². The second kappa shape index (κ2) is 7.70. The first-order valence-electron chi connectivity index (χ1n) is 8.47. The molecular formula is C21H22FNO3. The number of aromatic nitrogens is 1. The molecule has 0 saturated heterocycles. The van der Waals surface area contributed by atoms with Crippen molar-refractivity contribution in [2.24, 2.45) is 0 Å². The maximum atomic E-state index is 14.6. The van der Waals surface area contributed by atoms with Crippen LogP contribution < -0.4 is 9.47 Å². The molecule has 4 nitrogen and oxygen atoms in total. The van der Waals surface area contributed by atoms with Crippen molar-refractivity contribution in [1.82, 2.24) is 4.98 Å². The second-order valence-corrected chi connectivity index (χ2v) is 5.94. The molecule has 0 bridgehead atoms. The van der Waals surface area contributed by atoms with Gasteiger partial charge in [-0.25, -0.2) is 4.39 Å². The minimum atomic E-state index is -0.289. The van der Waals surface area contributed by atoms with Crippen LogP contribution in [0.15, 0.2) is 36.5 Å². The second-order valence-electron chi connectivity index (χ2n) is 5.94. The Morgan fingerprint density at radius 2 is 1.77 bits per heavy atom. The van der Waals surface area contributed by atoms with Crippen molar-refractivity contribution in [2.45, 2.75) is 20.5 Å². The van der Waals surface area contributed by atoms with E-state index in [-0.39, 0.29) is 5.82 Å². The number of methoxy groups -OCH3 is 2. The summed E-state index contributed by atoms with van der Waals surface area (Å²) < 4.78 is 31.3. The van der Waals surface area contributed by atoms with Crippen molar-refractivity contribution in [1.29, 1.82) is 0 Å². The molecule has 0 amide bonds. The van der Waals surface area contributed by atoms with E-state index in [9.17, 15) is 4.39 Å². The predicted octanol–water partition coefficient (Wildman–Crippen LogP) is 4.90. The molecule has 0 fully saturated rings. The molecule has 0 unspecified atom stereocenters. The van der Waals surface area contributed by atoms with E-state index in [1.54, 1.807) is 33.4 Å². The topological polar surface area (TPSA) is 40.6 Å². The Bertz CT molecular complexity index is 915. The molecule has 1 aromatic heterocycles. The minimum absolute atomic E-state index is 0.289. The van der Waals surface area contributed by atoms with Gasteiger partial charge in [0.05, 0.1) is 31.9 Å². The molecule has 0 atom stereocenters. The summed E-state index contributed by atoms with van der Waals surface area (Å²) >= 11 is 0. The number of nitrogens with zero attached hydrogens (tertiary/aromatic N) is 1. The van der Waals surface area contributed by atoms with E-state index in [1.807, 2.05) is 25.1 Å². The van der Waals surface area contributed by atoms with Crippen LogP contribution in [0.1, 0.15) is 18.1 Å². The van der Waals surface area contributed by atoms with E-state index in [1.165, 1.54) is 6.07 Å². The van der Waals surface area contributed by atoms with Gasteiger partial charge in [0, 0.05) is 23.8 Å². The number of aryl methyl sites for hydroxylation is 1. The first kappa shape index (κ1) is 18.1. The summed E-state index contributed by atoms with van der Waals surface area (Å²) in [5, 5.41) is 0.769. The predicted molar refractivity (Wildman–Crippen MR) is 100 cm³/mol. The van der Waals surface area contributed by atoms with Crippen molar-refractivity contribution in [3.8, 4) is 22.6 Å². The van der Waals surface area contributed by atoms with Gasteiger partial charge in [0.1, 0.15) is 17.3 Å². The molecule has 26 heavy (non-hydrogen) atoms. The van der Waals surface area contributed by atoms with Gasteiger partial charge in [0.25, 0.3) is 0 Å². The summed E-state index contributed by atoms with van der Waals surface area (Å²) in [4.78, 5) is 4.48. The van der Waals surface area contributed by atoms with Crippen LogP contribution in [-0.2, 0) is 11.3 Å². The molecule has 2 aromatic carbocycles. The lowest BCUT2D eigenvalue weighted by atomic mass is 9.96. The van der Waals surface area contributed by atoms with Crippen molar-refractivity contribution in [3.63, 3.8) is 0 Å². The monoisotopic (exact) mass is 355 g/mol. The van der Waals surface area contributed by atoms with E-state index >= 15 is 0 Å². The number of pyridine rings is 1. The van der Waals surface area contributed by atoms with Crippen molar-refractivity contribution in [3.05, 3.63) is 53.5 Å². The quantitative estimate of drug-likeness (QED) is 0.630. The highest BCUT2D eigenvalue weighted by atomic mass is 19.1. The third-order valence-corrected chi connectivity index (χ3v) is 4.40. The van der Waals surface area contributed by atoms with Gasteiger partial charge in [-0.3, -0.25) is 4.98 Å². The van der Waals surface area contributed by atoms with Crippen LogP contribution in [0.2, 0.25) is 0 Å². The fourth-order valence-electron chi connectivity index (χ4n) is 3.08. The van der Waals surface area contributed by atoms with Gasteiger partial charge in [0.15, 0.2) is 0 Å². The molecule has 0 radical (unpaired) electrons. The number of rotatable bonds is 6. The van der Waals surface area contributed by atoms with Crippen LogP contribution in [0, 0.1) is 12.7 Å². The molecule has 0 aliphatic carbocycles. The molecule has 3 aromatic rings. The molecule has 0 aliphatic rings. The molecule has 0 N–H and O–H groups in total. The fraction of sp³-hybridized carbons (Fsp3) is 0.286. The summed E-state index contributed by atoms with van der Waals surface area (Å²) in [6.45, 7) is 4.76. The van der Waals surface area contributed by atoms with Crippen LogP contribution in [0.5, 0.6) is 11.5 Å². The van der Waals surface area contributed by atoms with E-state index in [0.29, 0.717) is 46.9 Å². The largest absolute Gasteiger partial charge is 0.496 e. The Kier molecular flexibility index (Phi) is 5.38. The molecule has 136 valence electrons. The van der Waals surface area contributed by atoms with E-state index < -0.39 is 0 Å². The van der Waals surface area contributed by atoms with Crippen LogP contribution in [-0.4, -0.2) is 25.8 Å². The number of fused-ring (bicyclic) bond motifs is 1. The summed E-state index contributed by atoms with van der Waals surface area (Å²) in [6, 6.07) is 8.94. The minimum Gasteiger partial charge on any atom is -0.496 e. The van der Waals surface area contributed by atoms with Crippen LogP contribution in [0.4, 0.5) is 4.39 Å². The van der Waals surface area contributed by atoms with Gasteiger partial charge in [-0.15, -0.1) is 0 Å². The highest BCUT2D eigenvalue weighted by Crippen LogP contribution is 2.43. The van der Waals surface area contributed by atoms with Crippen LogP contribution in [0.3, 0.4) is 0 Å². The lowest BCUT2D eigenvalue weighted by Crippen LogP contribution is -2.00. The zero-order valence-corrected chi connectivity index (χ0v) is 15.4. The standard InChI is InChI=1S/C21H22FNO3/c1-5-26-12-14-9-18(24-3)20(19(10-14)25-4)16-11-17(22)13(2)15-7-6-8-23-21(15)16/h6-11H,5,12H2,1-4H3. The third-order valence-electron chi connectivity index (χ3n) is 4.40. The first-order chi connectivity index (χ1) is 12.6. The lowest BCUT2D eigenvalue weighted by Gasteiger charge is -2.17. The van der Waals surface area contributed by atoms with Crippen molar-refractivity contribution in [2.75, 3.05) is 20.8 Å². The number of benzene rings is 2. The van der Waals surface area contributed by atoms with Gasteiger partial charge >= 0.3 is 0 Å². The Labute approximate surface area is 152 Å². The fourth-order valence-corrected chi connectivity index (χ4v) is 3.08. The normalized spacial score (nSPS) is 11.0. The smallest absolute Gasteiger partial charge is 0.130 e. The van der Waals surface area contributed by atoms with Crippen molar-refractivity contribution < 1.29 is 18.6 Å². The zero-order chi connectivity index (χ0) is 18.7. The van der Waals surface area contributed by atoms with E-state index in [2.05, 4.69) is 4.98 Å². The first-order valence-corrected chi connectivity index (χ1v) is 8.47. The third kappa shape index (κ3) is 3.22. The summed E-state index contributed by atoms with van der Waals surface area (Å²) in [7, 11) is 3.17. The Balaban J connectivity index is 2.30. The summed E-state index contributed by atoms with van der Waals surface area (Å²) in [5.74, 6) is 0.895. The molecule has 0 saturated carbocycles. The maximum Gasteiger partial charge on any atom is 0.130 e. The molecule has 3 rings (SSSR count). The zero-order valence-electron chi connectivity index (χ0n) is 15.4. The highest BCUT2D eigenvalue weighted by molar-refractivity contribution is 5.98. The SMILES string of the molecule is CCOCc1cc(OC)c(-c2cc(F)c(C)c3cccnc23)c(OC)c1. The molecular weight excluding hydrogens is 333 g/mol. The Morgan fingerprint density at radius 1 is 1.08 bits per heavy atom. The summed E-state index contributed by atoms with van der Waals surface area (Å²) in [6.07, 6.45) is 1.70. The average molecular weight is 355 g/mol. The van der Waals surface area contributed by atoms with Gasteiger partial charge < -0.3 is 14.2 Å². The van der Waals surface area contributed by atoms with Gasteiger partial charge in [-0.2, -0.15) is 0 Å². The molecule has 1 heterocycles. The van der Waals surface area contributed by atoms with Gasteiger partial charge in [-0.1, -0.05) is 6.07 Å². The number of hydrogen-bond donors (Lipinski definition) is 0.